The Morgan fingerprint density at radius 2 is 1.59 bits per heavy atom. The van der Waals surface area contributed by atoms with Gasteiger partial charge in [0.25, 0.3) is 5.91 Å². The average molecular weight is 543 g/mol. The van der Waals surface area contributed by atoms with Gasteiger partial charge in [0.1, 0.15) is 5.69 Å². The molecule has 0 N–H and O–H groups in total. The Morgan fingerprint density at radius 1 is 1.00 bits per heavy atom. The first-order chi connectivity index (χ1) is 17.2. The van der Waals surface area contributed by atoms with Gasteiger partial charge in [-0.05, 0) is 25.1 Å². The second-order valence-corrected chi connectivity index (χ2v) is 8.85. The minimum Gasteiger partial charge on any atom is -0.305 e. The van der Waals surface area contributed by atoms with Crippen molar-refractivity contribution in [1.29, 1.82) is 0 Å². The maximum absolute atomic E-state index is 13.6. The smallest absolute Gasteiger partial charge is 0.305 e. The van der Waals surface area contributed by atoms with Crippen molar-refractivity contribution in [2.45, 2.75) is 19.1 Å². The van der Waals surface area contributed by atoms with Gasteiger partial charge in [-0.3, -0.25) is 9.48 Å². The molecule has 0 aliphatic carbocycles. The summed E-state index contributed by atoms with van der Waals surface area (Å²) >= 11 is 5.93. The number of fused-ring (bicyclic) bond motifs is 1. The first-order valence-corrected chi connectivity index (χ1v) is 11.6. The van der Waals surface area contributed by atoms with Crippen LogP contribution in [0.5, 0.6) is 0 Å². The zero-order valence-corrected chi connectivity index (χ0v) is 21.3. The molecule has 5 nitrogen and oxygen atoms in total. The standard InChI is InChI=1S/C27H20ClF3N4O.H2S/c1-17-16-34(20-12-13-21(22(28)14-20)27(29,30)31)26(36)25-23(15-32-35(17)25)33-24(18-8-4-2-5-9-18)19-10-6-3-7-11-19;/h2-15,17H,16H2,1H3;1H2/t17-;/m0./s1. The molecule has 0 bridgehead atoms. The third-order valence-electron chi connectivity index (χ3n) is 5.98. The van der Waals surface area contributed by atoms with E-state index in [-0.39, 0.29) is 37.5 Å². The lowest BCUT2D eigenvalue weighted by molar-refractivity contribution is -0.137. The van der Waals surface area contributed by atoms with Crippen LogP contribution in [0.15, 0.2) is 90.1 Å². The molecule has 190 valence electrons. The largest absolute Gasteiger partial charge is 0.417 e. The van der Waals surface area contributed by atoms with E-state index in [4.69, 9.17) is 16.6 Å². The molecular weight excluding hydrogens is 521 g/mol. The third kappa shape index (κ3) is 5.14. The zero-order valence-electron chi connectivity index (χ0n) is 19.6. The van der Waals surface area contributed by atoms with Gasteiger partial charge in [0.2, 0.25) is 0 Å². The second-order valence-electron chi connectivity index (χ2n) is 8.44. The van der Waals surface area contributed by atoms with E-state index in [9.17, 15) is 18.0 Å². The van der Waals surface area contributed by atoms with E-state index in [0.717, 1.165) is 17.2 Å². The van der Waals surface area contributed by atoms with Gasteiger partial charge in [-0.1, -0.05) is 72.3 Å². The van der Waals surface area contributed by atoms with Crippen molar-refractivity contribution < 1.29 is 18.0 Å². The molecular formula is C27H22ClF3N4OS. The number of alkyl halides is 3. The summed E-state index contributed by atoms with van der Waals surface area (Å²) in [5.74, 6) is -0.416. The van der Waals surface area contributed by atoms with Gasteiger partial charge in [0, 0.05) is 23.4 Å². The number of hydrogen-bond acceptors (Lipinski definition) is 3. The average Bonchev–Trinajstić information content (AvgIpc) is 3.30. The lowest BCUT2D eigenvalue weighted by Crippen LogP contribution is -2.42. The molecule has 0 spiro atoms. The van der Waals surface area contributed by atoms with Crippen LogP contribution in [0.4, 0.5) is 24.5 Å². The Bertz CT molecular complexity index is 1410. The van der Waals surface area contributed by atoms with Crippen molar-refractivity contribution in [1.82, 2.24) is 9.78 Å². The monoisotopic (exact) mass is 542 g/mol. The molecule has 1 amide bonds. The lowest BCUT2D eigenvalue weighted by Gasteiger charge is -2.32. The van der Waals surface area contributed by atoms with Gasteiger partial charge in [-0.15, -0.1) is 0 Å². The molecule has 4 aromatic rings. The van der Waals surface area contributed by atoms with E-state index in [1.165, 1.54) is 17.0 Å². The highest BCUT2D eigenvalue weighted by molar-refractivity contribution is 7.59. The van der Waals surface area contributed by atoms with Crippen molar-refractivity contribution in [3.05, 3.63) is 112 Å². The number of carbonyl (C=O) groups excluding carboxylic acids is 1. The number of anilines is 1. The number of aromatic nitrogens is 2. The number of hydrogen-bond donors (Lipinski definition) is 0. The minimum absolute atomic E-state index is 0. The van der Waals surface area contributed by atoms with Crippen molar-refractivity contribution in [2.75, 3.05) is 11.4 Å². The highest BCUT2D eigenvalue weighted by atomic mass is 35.5. The Kier molecular flexibility index (Phi) is 7.47. The first-order valence-electron chi connectivity index (χ1n) is 11.2. The summed E-state index contributed by atoms with van der Waals surface area (Å²) in [4.78, 5) is 19.9. The van der Waals surface area contributed by atoms with E-state index in [2.05, 4.69) is 5.10 Å². The predicted octanol–water partition coefficient (Wildman–Crippen LogP) is 7.06. The van der Waals surface area contributed by atoms with Gasteiger partial charge in [-0.25, -0.2) is 4.99 Å². The highest BCUT2D eigenvalue weighted by Gasteiger charge is 2.36. The van der Waals surface area contributed by atoms with Crippen LogP contribution in [0.1, 0.15) is 40.1 Å². The van der Waals surface area contributed by atoms with Gasteiger partial charge in [0.15, 0.2) is 5.69 Å². The van der Waals surface area contributed by atoms with Crippen LogP contribution >= 0.6 is 25.1 Å². The molecule has 5 rings (SSSR count). The normalized spacial score (nSPS) is 15.1. The molecule has 0 fully saturated rings. The van der Waals surface area contributed by atoms with Gasteiger partial charge in [0.05, 0.1) is 28.5 Å². The number of carbonyl (C=O) groups is 1. The van der Waals surface area contributed by atoms with Crippen LogP contribution < -0.4 is 4.90 Å². The number of amides is 1. The molecule has 37 heavy (non-hydrogen) atoms. The molecule has 1 atom stereocenters. The molecule has 0 saturated carbocycles. The summed E-state index contributed by atoms with van der Waals surface area (Å²) in [6, 6.07) is 22.3. The number of benzene rings is 3. The SMILES string of the molecule is C[C@H]1CN(c2ccc(C(F)(F)F)c(Cl)c2)C(=O)c2c(N=C(c3ccccc3)c3ccccc3)cnn21.S. The van der Waals surface area contributed by atoms with E-state index >= 15 is 0 Å². The Balaban J connectivity index is 0.00000320. The van der Waals surface area contributed by atoms with E-state index < -0.39 is 22.7 Å². The highest BCUT2D eigenvalue weighted by Crippen LogP contribution is 2.38. The molecule has 0 saturated heterocycles. The van der Waals surface area contributed by atoms with E-state index in [0.29, 0.717) is 11.4 Å². The number of aliphatic imine (C=N–C) groups is 1. The van der Waals surface area contributed by atoms with E-state index in [1.807, 2.05) is 67.6 Å². The fraction of sp³-hybridized carbons (Fsp3) is 0.148. The number of nitrogens with zero attached hydrogens (tertiary/aromatic N) is 4. The number of halogens is 4. The van der Waals surface area contributed by atoms with Crippen LogP contribution in [-0.4, -0.2) is 27.9 Å². The zero-order chi connectivity index (χ0) is 25.4. The van der Waals surface area contributed by atoms with E-state index in [1.54, 1.807) is 10.9 Å². The summed E-state index contributed by atoms with van der Waals surface area (Å²) in [5, 5.41) is 3.94. The van der Waals surface area contributed by atoms with Crippen molar-refractivity contribution in [3.8, 4) is 0 Å². The van der Waals surface area contributed by atoms with Crippen LogP contribution in [0.3, 0.4) is 0 Å². The molecule has 1 aliphatic rings. The summed E-state index contributed by atoms with van der Waals surface area (Å²) in [6.07, 6.45) is -3.04. The molecule has 2 heterocycles. The number of rotatable bonds is 4. The molecule has 1 aliphatic heterocycles. The summed E-state index contributed by atoms with van der Waals surface area (Å²) < 4.78 is 41.1. The van der Waals surface area contributed by atoms with Gasteiger partial charge >= 0.3 is 6.18 Å². The quantitative estimate of drug-likeness (QED) is 0.259. The Hall–Kier alpha value is -3.56. The fourth-order valence-electron chi connectivity index (χ4n) is 4.26. The second kappa shape index (κ2) is 10.4. The fourth-order valence-corrected chi connectivity index (χ4v) is 4.54. The van der Waals surface area contributed by atoms with Crippen LogP contribution in [0.25, 0.3) is 0 Å². The molecule has 0 radical (unpaired) electrons. The molecule has 1 aromatic heterocycles. The molecule has 3 aromatic carbocycles. The Morgan fingerprint density at radius 3 is 2.14 bits per heavy atom. The maximum atomic E-state index is 13.6. The lowest BCUT2D eigenvalue weighted by atomic mass is 10.0. The molecule has 0 unspecified atom stereocenters. The van der Waals surface area contributed by atoms with Gasteiger partial charge < -0.3 is 4.90 Å². The molecule has 10 heteroatoms. The van der Waals surface area contributed by atoms with Crippen LogP contribution in [0, 0.1) is 0 Å². The third-order valence-corrected chi connectivity index (χ3v) is 6.30. The predicted molar refractivity (Wildman–Crippen MR) is 144 cm³/mol. The Labute approximate surface area is 223 Å². The first kappa shape index (κ1) is 26.5. The van der Waals surface area contributed by atoms with Crippen molar-refractivity contribution in [2.24, 2.45) is 4.99 Å². The topological polar surface area (TPSA) is 50.5 Å². The summed E-state index contributed by atoms with van der Waals surface area (Å²) in [5.41, 5.74) is 2.36. The summed E-state index contributed by atoms with van der Waals surface area (Å²) in [7, 11) is 0. The van der Waals surface area contributed by atoms with Crippen molar-refractivity contribution in [3.63, 3.8) is 0 Å². The maximum Gasteiger partial charge on any atom is 0.417 e. The van der Waals surface area contributed by atoms with Crippen LogP contribution in [-0.2, 0) is 6.18 Å². The van der Waals surface area contributed by atoms with Crippen molar-refractivity contribution >= 4 is 48.1 Å². The summed E-state index contributed by atoms with van der Waals surface area (Å²) in [6.45, 7) is 2.10. The van der Waals surface area contributed by atoms with Crippen LogP contribution in [0.2, 0.25) is 5.02 Å². The minimum atomic E-state index is -4.58. The van der Waals surface area contributed by atoms with Gasteiger partial charge in [-0.2, -0.15) is 31.8 Å².